The quantitative estimate of drug-likeness (QED) is 0.388. The van der Waals surface area contributed by atoms with Crippen LogP contribution in [0.4, 0.5) is 17.5 Å². The summed E-state index contributed by atoms with van der Waals surface area (Å²) < 4.78 is 0. The normalized spacial score (nSPS) is 14.5. The second-order valence-electron chi connectivity index (χ2n) is 5.95. The van der Waals surface area contributed by atoms with E-state index in [1.807, 2.05) is 19.2 Å². The van der Waals surface area contributed by atoms with Crippen molar-refractivity contribution in [2.24, 2.45) is 5.73 Å². The van der Waals surface area contributed by atoms with Crippen LogP contribution in [0.25, 0.3) is 11.3 Å². The zero-order valence-corrected chi connectivity index (χ0v) is 13.8. The van der Waals surface area contributed by atoms with Gasteiger partial charge in [-0.15, -0.1) is 0 Å². The van der Waals surface area contributed by atoms with E-state index in [1.54, 1.807) is 12.1 Å². The van der Waals surface area contributed by atoms with Crippen molar-refractivity contribution in [3.63, 3.8) is 0 Å². The number of nitrogens with zero attached hydrogens (tertiary/aromatic N) is 3. The summed E-state index contributed by atoms with van der Waals surface area (Å²) in [6, 6.07) is 7.44. The van der Waals surface area contributed by atoms with Gasteiger partial charge < -0.3 is 21.7 Å². The number of amidine groups is 1. The second-order valence-corrected chi connectivity index (χ2v) is 5.95. The number of nitrogens with two attached hydrogens (primary N) is 2. The summed E-state index contributed by atoms with van der Waals surface area (Å²) in [6.45, 7) is 2.04. The Morgan fingerprint density at radius 2 is 1.92 bits per heavy atom. The van der Waals surface area contributed by atoms with Crippen molar-refractivity contribution in [2.45, 2.75) is 19.3 Å². The molecule has 2 aromatic rings. The Bertz CT molecular complexity index is 751. The Morgan fingerprint density at radius 1 is 1.17 bits per heavy atom. The number of aromatic nitrogens is 2. The molecule has 6 N–H and O–H groups in total. The highest BCUT2D eigenvalue weighted by molar-refractivity contribution is 6.00. The van der Waals surface area contributed by atoms with Gasteiger partial charge in [-0.3, -0.25) is 5.41 Å². The first kappa shape index (κ1) is 16.0. The topological polar surface area (TPSA) is 117 Å². The van der Waals surface area contributed by atoms with Crippen LogP contribution in [-0.2, 0) is 0 Å². The molecule has 3 rings (SSSR count). The Hall–Kier alpha value is -2.83. The first-order chi connectivity index (χ1) is 11.6. The largest absolute Gasteiger partial charge is 0.398 e. The molecule has 24 heavy (non-hydrogen) atoms. The third kappa shape index (κ3) is 3.24. The first-order valence-corrected chi connectivity index (χ1v) is 8.14. The molecule has 0 bridgehead atoms. The number of hydrogen-bond acceptors (Lipinski definition) is 6. The van der Waals surface area contributed by atoms with Crippen LogP contribution < -0.4 is 21.7 Å². The summed E-state index contributed by atoms with van der Waals surface area (Å²) in [4.78, 5) is 11.4. The lowest BCUT2D eigenvalue weighted by molar-refractivity contribution is 0.573. The summed E-state index contributed by atoms with van der Waals surface area (Å²) in [7, 11) is 1.81. The molecule has 1 aromatic heterocycles. The molecule has 0 radical (unpaired) electrons. The minimum atomic E-state index is -0.0355. The average Bonchev–Trinajstić information content (AvgIpc) is 2.61. The molecule has 7 nitrogen and oxygen atoms in total. The number of nitrogen functional groups attached to an aromatic ring is 2. The number of benzene rings is 1. The molecule has 0 aliphatic carbocycles. The van der Waals surface area contributed by atoms with Crippen LogP contribution in [0.5, 0.6) is 0 Å². The second kappa shape index (κ2) is 6.74. The van der Waals surface area contributed by atoms with Crippen molar-refractivity contribution in [1.82, 2.24) is 9.97 Å². The predicted octanol–water partition coefficient (Wildman–Crippen LogP) is 2.04. The molecule has 1 aliphatic heterocycles. The van der Waals surface area contributed by atoms with Gasteiger partial charge in [-0.25, -0.2) is 4.98 Å². The van der Waals surface area contributed by atoms with E-state index in [0.717, 1.165) is 30.2 Å². The Kier molecular flexibility index (Phi) is 4.50. The van der Waals surface area contributed by atoms with Crippen molar-refractivity contribution in [3.8, 4) is 11.3 Å². The summed E-state index contributed by atoms with van der Waals surface area (Å²) in [5.74, 6) is 1.48. The molecular weight excluding hydrogens is 302 g/mol. The van der Waals surface area contributed by atoms with Gasteiger partial charge in [-0.05, 0) is 31.4 Å². The molecule has 0 spiro atoms. The highest BCUT2D eigenvalue weighted by Gasteiger charge is 2.15. The van der Waals surface area contributed by atoms with Crippen LogP contribution >= 0.6 is 0 Å². The highest BCUT2D eigenvalue weighted by atomic mass is 15.2. The van der Waals surface area contributed by atoms with E-state index in [0.29, 0.717) is 17.2 Å². The molecule has 0 amide bonds. The Labute approximate surface area is 141 Å². The zero-order chi connectivity index (χ0) is 17.1. The molecule has 126 valence electrons. The van der Waals surface area contributed by atoms with Crippen LogP contribution in [0.15, 0.2) is 24.3 Å². The molecule has 0 unspecified atom stereocenters. The number of hydrogen-bond donors (Lipinski definition) is 4. The SMILES string of the molecule is CNc1nc(-c2ccc(C(=N)N)c(N)c2)cc(N2CCCCC2)n1. The fourth-order valence-corrected chi connectivity index (χ4v) is 2.95. The predicted molar refractivity (Wildman–Crippen MR) is 98.5 cm³/mol. The first-order valence-electron chi connectivity index (χ1n) is 8.14. The fourth-order valence-electron chi connectivity index (χ4n) is 2.95. The van der Waals surface area contributed by atoms with Gasteiger partial charge in [0, 0.05) is 43.0 Å². The van der Waals surface area contributed by atoms with Crippen LogP contribution in [0.2, 0.25) is 0 Å². The van der Waals surface area contributed by atoms with Gasteiger partial charge in [0.2, 0.25) is 5.95 Å². The van der Waals surface area contributed by atoms with Crippen molar-refractivity contribution in [2.75, 3.05) is 36.1 Å². The molecule has 7 heteroatoms. The third-order valence-corrected chi connectivity index (χ3v) is 4.25. The van der Waals surface area contributed by atoms with E-state index in [-0.39, 0.29) is 5.84 Å². The van der Waals surface area contributed by atoms with E-state index in [1.165, 1.54) is 19.3 Å². The molecule has 0 atom stereocenters. The van der Waals surface area contributed by atoms with Gasteiger partial charge in [0.1, 0.15) is 11.7 Å². The summed E-state index contributed by atoms with van der Waals surface area (Å²) in [6.07, 6.45) is 3.65. The lowest BCUT2D eigenvalue weighted by atomic mass is 10.1. The fraction of sp³-hybridized carbons (Fsp3) is 0.353. The number of nitrogens with one attached hydrogen (secondary N) is 2. The minimum absolute atomic E-state index is 0.0355. The van der Waals surface area contributed by atoms with Gasteiger partial charge in [-0.2, -0.15) is 4.98 Å². The van der Waals surface area contributed by atoms with Gasteiger partial charge in [0.25, 0.3) is 0 Å². The third-order valence-electron chi connectivity index (χ3n) is 4.25. The molecular formula is C17H23N7. The van der Waals surface area contributed by atoms with Gasteiger partial charge in [-0.1, -0.05) is 6.07 Å². The van der Waals surface area contributed by atoms with E-state index < -0.39 is 0 Å². The van der Waals surface area contributed by atoms with Crippen molar-refractivity contribution >= 4 is 23.3 Å². The van der Waals surface area contributed by atoms with E-state index in [9.17, 15) is 0 Å². The van der Waals surface area contributed by atoms with E-state index >= 15 is 0 Å². The lowest BCUT2D eigenvalue weighted by Gasteiger charge is -2.28. The summed E-state index contributed by atoms with van der Waals surface area (Å²) >= 11 is 0. The van der Waals surface area contributed by atoms with Crippen LogP contribution in [-0.4, -0.2) is 35.9 Å². The molecule has 1 saturated heterocycles. The van der Waals surface area contributed by atoms with Gasteiger partial charge in [0.05, 0.1) is 5.69 Å². The van der Waals surface area contributed by atoms with Gasteiger partial charge >= 0.3 is 0 Å². The lowest BCUT2D eigenvalue weighted by Crippen LogP contribution is -2.30. The van der Waals surface area contributed by atoms with Crippen molar-refractivity contribution in [1.29, 1.82) is 5.41 Å². The number of anilines is 3. The van der Waals surface area contributed by atoms with Gasteiger partial charge in [0.15, 0.2) is 0 Å². The molecule has 0 saturated carbocycles. The number of rotatable bonds is 4. The summed E-state index contributed by atoms with van der Waals surface area (Å²) in [5.41, 5.74) is 14.3. The summed E-state index contributed by atoms with van der Waals surface area (Å²) in [5, 5.41) is 10.6. The smallest absolute Gasteiger partial charge is 0.224 e. The van der Waals surface area contributed by atoms with E-state index in [4.69, 9.17) is 16.9 Å². The minimum Gasteiger partial charge on any atom is -0.398 e. The molecule has 1 fully saturated rings. The van der Waals surface area contributed by atoms with Crippen LogP contribution in [0.1, 0.15) is 24.8 Å². The monoisotopic (exact) mass is 325 g/mol. The molecule has 1 aliphatic rings. The Morgan fingerprint density at radius 3 is 2.54 bits per heavy atom. The molecule has 1 aromatic carbocycles. The molecule has 2 heterocycles. The van der Waals surface area contributed by atoms with E-state index in [2.05, 4.69) is 20.2 Å². The van der Waals surface area contributed by atoms with Crippen molar-refractivity contribution in [3.05, 3.63) is 29.8 Å². The zero-order valence-electron chi connectivity index (χ0n) is 13.8. The maximum Gasteiger partial charge on any atom is 0.224 e. The Balaban J connectivity index is 2.00. The van der Waals surface area contributed by atoms with Crippen molar-refractivity contribution < 1.29 is 0 Å². The highest BCUT2D eigenvalue weighted by Crippen LogP contribution is 2.27. The van der Waals surface area contributed by atoms with Crippen LogP contribution in [0.3, 0.4) is 0 Å². The standard InChI is InChI=1S/C17H23N7/c1-21-17-22-14(10-15(23-17)24-7-3-2-4-8-24)11-5-6-12(16(19)20)13(18)9-11/h5-6,9-10H,2-4,7-8,18H2,1H3,(H3,19,20)(H,21,22,23). The maximum absolute atomic E-state index is 7.54. The number of piperidine rings is 1. The van der Waals surface area contributed by atoms with Crippen LogP contribution in [0, 0.1) is 5.41 Å². The average molecular weight is 325 g/mol. The maximum atomic E-state index is 7.54.